The summed E-state index contributed by atoms with van der Waals surface area (Å²) in [5.74, 6) is -0.324. The Labute approximate surface area is 125 Å². The highest BCUT2D eigenvalue weighted by molar-refractivity contribution is 6.30. The van der Waals surface area contributed by atoms with Gasteiger partial charge in [-0.15, -0.1) is 5.10 Å². The van der Waals surface area contributed by atoms with Gasteiger partial charge < -0.3 is 0 Å². The predicted molar refractivity (Wildman–Crippen MR) is 82.1 cm³/mol. The van der Waals surface area contributed by atoms with E-state index in [0.717, 1.165) is 11.0 Å². The fourth-order valence-electron chi connectivity index (χ4n) is 2.37. The van der Waals surface area contributed by atoms with Gasteiger partial charge in [0, 0.05) is 35.0 Å². The maximum Gasteiger partial charge on any atom is 0.221 e. The van der Waals surface area contributed by atoms with E-state index in [4.69, 9.17) is 0 Å². The first-order valence-corrected chi connectivity index (χ1v) is 6.77. The zero-order valence-corrected chi connectivity index (χ0v) is 11.7. The minimum Gasteiger partial charge on any atom is -0.256 e. The van der Waals surface area contributed by atoms with Crippen LogP contribution in [0, 0.1) is 5.82 Å². The van der Waals surface area contributed by atoms with Crippen molar-refractivity contribution in [3.05, 3.63) is 48.0 Å². The Bertz CT molecular complexity index is 999. The van der Waals surface area contributed by atoms with Gasteiger partial charge in [0.1, 0.15) is 5.82 Å². The Morgan fingerprint density at radius 2 is 2.14 bits per heavy atom. The number of nitrogens with zero attached hydrogens (tertiary/aromatic N) is 6. The van der Waals surface area contributed by atoms with Crippen LogP contribution >= 0.6 is 0 Å². The van der Waals surface area contributed by atoms with E-state index in [1.165, 1.54) is 6.07 Å². The lowest BCUT2D eigenvalue weighted by Crippen LogP contribution is -2.12. The van der Waals surface area contributed by atoms with Crippen LogP contribution in [0.5, 0.6) is 0 Å². The molecule has 0 bridgehead atoms. The van der Waals surface area contributed by atoms with Crippen molar-refractivity contribution in [2.75, 3.05) is 0 Å². The van der Waals surface area contributed by atoms with Crippen molar-refractivity contribution in [3.8, 4) is 0 Å². The molecule has 3 heterocycles. The Balaban J connectivity index is 1.82. The second kappa shape index (κ2) is 4.83. The van der Waals surface area contributed by atoms with Gasteiger partial charge >= 0.3 is 0 Å². The second-order valence-corrected chi connectivity index (χ2v) is 5.05. The van der Waals surface area contributed by atoms with Gasteiger partial charge in [-0.1, -0.05) is 11.3 Å². The number of hydrogen-bond donors (Lipinski definition) is 0. The molecule has 4 aromatic rings. The van der Waals surface area contributed by atoms with Crippen molar-refractivity contribution < 1.29 is 4.39 Å². The van der Waals surface area contributed by atoms with Crippen LogP contribution < -0.4 is 5.59 Å². The minimum atomic E-state index is -0.324. The summed E-state index contributed by atoms with van der Waals surface area (Å²) >= 11 is 0. The lowest BCUT2D eigenvalue weighted by Gasteiger charge is -2.06. The van der Waals surface area contributed by atoms with E-state index < -0.39 is 0 Å². The summed E-state index contributed by atoms with van der Waals surface area (Å²) in [5, 5.41) is 8.84. The van der Waals surface area contributed by atoms with Gasteiger partial charge in [-0.3, -0.25) is 4.98 Å². The molecule has 0 radical (unpaired) electrons. The number of fused-ring (bicyclic) bond motifs is 2. The first kappa shape index (κ1) is 12.8. The third-order valence-electron chi connectivity index (χ3n) is 3.44. The zero-order valence-electron chi connectivity index (χ0n) is 11.7. The first-order valence-electron chi connectivity index (χ1n) is 6.77. The van der Waals surface area contributed by atoms with Crippen molar-refractivity contribution >= 4 is 35.6 Å². The van der Waals surface area contributed by atoms with Gasteiger partial charge in [-0.05, 0) is 12.1 Å². The number of benzene rings is 1. The standard InChI is InChI=1S/C14H10BFN6/c15-12-6-18-13-14(19-12)22(21-20-13)7-9-4-8-2-1-3-17-11(8)5-10(9)16/h1-6H,7,15H2. The Morgan fingerprint density at radius 1 is 1.23 bits per heavy atom. The van der Waals surface area contributed by atoms with Crippen molar-refractivity contribution in [1.82, 2.24) is 29.9 Å². The van der Waals surface area contributed by atoms with Gasteiger partial charge in [0.25, 0.3) is 0 Å². The molecule has 1 aromatic carbocycles. The third-order valence-corrected chi connectivity index (χ3v) is 3.44. The monoisotopic (exact) mass is 292 g/mol. The van der Waals surface area contributed by atoms with Crippen LogP contribution in [0.25, 0.3) is 22.2 Å². The largest absolute Gasteiger partial charge is 0.256 e. The van der Waals surface area contributed by atoms with Gasteiger partial charge in [0.15, 0.2) is 13.5 Å². The highest BCUT2D eigenvalue weighted by Gasteiger charge is 2.11. The molecule has 0 amide bonds. The highest BCUT2D eigenvalue weighted by atomic mass is 19.1. The van der Waals surface area contributed by atoms with E-state index in [9.17, 15) is 4.39 Å². The van der Waals surface area contributed by atoms with Crippen LogP contribution in [0.1, 0.15) is 5.56 Å². The van der Waals surface area contributed by atoms with E-state index in [1.807, 2.05) is 20.0 Å². The molecule has 0 atom stereocenters. The number of aromatic nitrogens is 6. The Kier molecular flexibility index (Phi) is 2.82. The molecule has 0 spiro atoms. The summed E-state index contributed by atoms with van der Waals surface area (Å²) in [6.07, 6.45) is 3.27. The van der Waals surface area contributed by atoms with Crippen molar-refractivity contribution in [2.24, 2.45) is 0 Å². The molecule has 106 valence electrons. The molecule has 0 aliphatic rings. The molecule has 0 saturated carbocycles. The second-order valence-electron chi connectivity index (χ2n) is 5.05. The van der Waals surface area contributed by atoms with Crippen LogP contribution in [0.15, 0.2) is 36.7 Å². The predicted octanol–water partition coefficient (Wildman–Crippen LogP) is 0.215. The van der Waals surface area contributed by atoms with E-state index in [2.05, 4.69) is 25.3 Å². The third kappa shape index (κ3) is 2.09. The lowest BCUT2D eigenvalue weighted by molar-refractivity contribution is 0.583. The number of pyridine rings is 1. The molecule has 22 heavy (non-hydrogen) atoms. The molecule has 6 nitrogen and oxygen atoms in total. The Morgan fingerprint density at radius 3 is 3.05 bits per heavy atom. The molecule has 0 fully saturated rings. The topological polar surface area (TPSA) is 69.4 Å². The highest BCUT2D eigenvalue weighted by Crippen LogP contribution is 2.18. The fourth-order valence-corrected chi connectivity index (χ4v) is 2.37. The molecule has 8 heteroatoms. The molecule has 0 aliphatic carbocycles. The number of hydrogen-bond acceptors (Lipinski definition) is 5. The average Bonchev–Trinajstić information content (AvgIpc) is 2.90. The summed E-state index contributed by atoms with van der Waals surface area (Å²) in [6.45, 7) is 0.241. The van der Waals surface area contributed by atoms with Crippen molar-refractivity contribution in [1.29, 1.82) is 0 Å². The van der Waals surface area contributed by atoms with Crippen molar-refractivity contribution in [3.63, 3.8) is 0 Å². The molecule has 3 aromatic heterocycles. The number of halogens is 1. The molecule has 0 N–H and O–H groups in total. The quantitative estimate of drug-likeness (QED) is 0.494. The minimum absolute atomic E-state index is 0.241. The Hall–Kier alpha value is -2.90. The van der Waals surface area contributed by atoms with Crippen LogP contribution in [0.2, 0.25) is 0 Å². The van der Waals surface area contributed by atoms with E-state index in [1.54, 1.807) is 23.1 Å². The molecular weight excluding hydrogens is 282 g/mol. The van der Waals surface area contributed by atoms with E-state index in [0.29, 0.717) is 22.4 Å². The van der Waals surface area contributed by atoms with Gasteiger partial charge in [0.2, 0.25) is 5.65 Å². The molecule has 0 unspecified atom stereocenters. The van der Waals surface area contributed by atoms with Crippen LogP contribution in [-0.2, 0) is 6.54 Å². The van der Waals surface area contributed by atoms with E-state index >= 15 is 0 Å². The van der Waals surface area contributed by atoms with Gasteiger partial charge in [-0.25, -0.2) is 19.0 Å². The summed E-state index contributed by atoms with van der Waals surface area (Å²) in [5.41, 5.74) is 2.90. The molecule has 0 aliphatic heterocycles. The first-order chi connectivity index (χ1) is 10.7. The van der Waals surface area contributed by atoms with Crippen molar-refractivity contribution in [2.45, 2.75) is 6.54 Å². The summed E-state index contributed by atoms with van der Waals surface area (Å²) in [7, 11) is 1.84. The molecule has 4 rings (SSSR count). The van der Waals surface area contributed by atoms with Gasteiger partial charge in [0.05, 0.1) is 12.1 Å². The maximum absolute atomic E-state index is 14.3. The summed E-state index contributed by atoms with van der Waals surface area (Å²) in [6, 6.07) is 6.92. The fraction of sp³-hybridized carbons (Fsp3) is 0.0714. The summed E-state index contributed by atoms with van der Waals surface area (Å²) in [4.78, 5) is 12.7. The van der Waals surface area contributed by atoms with Gasteiger partial charge in [-0.2, -0.15) is 0 Å². The lowest BCUT2D eigenvalue weighted by atomic mass is 10.1. The SMILES string of the molecule is Bc1cnc2nnn(Cc3cc4cccnc4cc3F)c2n1. The van der Waals surface area contributed by atoms with E-state index in [-0.39, 0.29) is 12.4 Å². The number of rotatable bonds is 2. The summed E-state index contributed by atoms with van der Waals surface area (Å²) < 4.78 is 15.8. The zero-order chi connectivity index (χ0) is 15.1. The molecular formula is C14H10BFN6. The van der Waals surface area contributed by atoms with Crippen LogP contribution in [0.4, 0.5) is 4.39 Å². The normalized spacial score (nSPS) is 11.3. The maximum atomic E-state index is 14.3. The molecule has 0 saturated heterocycles. The average molecular weight is 292 g/mol. The van der Waals surface area contributed by atoms with Crippen LogP contribution in [0.3, 0.4) is 0 Å². The smallest absolute Gasteiger partial charge is 0.221 e. The van der Waals surface area contributed by atoms with Crippen LogP contribution in [-0.4, -0.2) is 37.8 Å².